The van der Waals surface area contributed by atoms with Gasteiger partial charge in [0.25, 0.3) is 5.91 Å². The SMILES string of the molecule is Cc1ncsc1-c1ccc([C@H](C)NC(=O)[C@@H]2C[C@@H](O)CN2C(=O)[C@@H](NC(=O)c2cc3ccc(OC4CC(NC(=O)C[C@@H]5N=C(c6ccc(Cl)cc6)c6c(sc(C)c6C)-n6c(C)nnc65)C4)cc3o2)C(C)(C)C)cc1. The van der Waals surface area contributed by atoms with E-state index in [4.69, 9.17) is 25.7 Å². The van der Waals surface area contributed by atoms with Gasteiger partial charge in [-0.2, -0.15) is 0 Å². The molecule has 0 bridgehead atoms. The predicted octanol–water partition coefficient (Wildman–Crippen LogP) is 9.08. The zero-order valence-corrected chi connectivity index (χ0v) is 44.7. The quantitative estimate of drug-likeness (QED) is 0.0862. The summed E-state index contributed by atoms with van der Waals surface area (Å²) in [7, 11) is 0. The fourth-order valence-electron chi connectivity index (χ4n) is 9.98. The van der Waals surface area contributed by atoms with Crippen molar-refractivity contribution in [2.45, 2.75) is 123 Å². The van der Waals surface area contributed by atoms with Crippen molar-refractivity contribution in [2.75, 3.05) is 6.54 Å². The van der Waals surface area contributed by atoms with Crippen molar-refractivity contribution >= 4 is 74.6 Å². The van der Waals surface area contributed by atoms with Crippen molar-refractivity contribution in [1.82, 2.24) is 40.6 Å². The van der Waals surface area contributed by atoms with Crippen molar-refractivity contribution in [2.24, 2.45) is 10.4 Å². The van der Waals surface area contributed by atoms with Gasteiger partial charge in [-0.05, 0) is 87.1 Å². The zero-order chi connectivity index (χ0) is 52.3. The molecule has 384 valence electrons. The van der Waals surface area contributed by atoms with E-state index in [0.29, 0.717) is 40.4 Å². The third-order valence-electron chi connectivity index (χ3n) is 14.2. The van der Waals surface area contributed by atoms with Gasteiger partial charge in [-0.1, -0.05) is 68.8 Å². The number of likely N-dealkylation sites (tertiary alicyclic amines) is 1. The van der Waals surface area contributed by atoms with Crippen molar-refractivity contribution in [3.05, 3.63) is 134 Å². The highest BCUT2D eigenvalue weighted by atomic mass is 35.5. The third-order valence-corrected chi connectivity index (χ3v) is 16.7. The van der Waals surface area contributed by atoms with Crippen LogP contribution in [0.4, 0.5) is 0 Å². The molecule has 1 aliphatic carbocycles. The Balaban J connectivity index is 0.754. The number of furan rings is 1. The Hall–Kier alpha value is -6.73. The molecule has 4 amide bonds. The molecule has 19 heteroatoms. The second kappa shape index (κ2) is 20.2. The molecule has 10 rings (SSSR count). The lowest BCUT2D eigenvalue weighted by Gasteiger charge is -2.36. The van der Waals surface area contributed by atoms with Gasteiger partial charge in [0.1, 0.15) is 46.4 Å². The number of carbonyl (C=O) groups is 4. The predicted molar refractivity (Wildman–Crippen MR) is 285 cm³/mol. The second-order valence-corrected chi connectivity index (χ2v) is 23.2. The Morgan fingerprint density at radius 2 is 1.66 bits per heavy atom. The van der Waals surface area contributed by atoms with E-state index < -0.39 is 47.4 Å². The monoisotopic (exact) mass is 1060 g/mol. The number of hydrogen-bond donors (Lipinski definition) is 4. The lowest BCUT2D eigenvalue weighted by Crippen LogP contribution is -2.57. The van der Waals surface area contributed by atoms with E-state index in [9.17, 15) is 24.3 Å². The minimum Gasteiger partial charge on any atom is -0.490 e. The largest absolute Gasteiger partial charge is 0.490 e. The first-order valence-corrected chi connectivity index (χ1v) is 26.8. The van der Waals surface area contributed by atoms with Crippen LogP contribution in [-0.4, -0.2) is 96.0 Å². The van der Waals surface area contributed by atoms with Crippen molar-refractivity contribution in [3.63, 3.8) is 0 Å². The highest BCUT2D eigenvalue weighted by Crippen LogP contribution is 2.40. The summed E-state index contributed by atoms with van der Waals surface area (Å²) in [6, 6.07) is 19.4. The molecule has 7 aromatic rings. The molecule has 0 radical (unpaired) electrons. The van der Waals surface area contributed by atoms with E-state index in [0.717, 1.165) is 59.8 Å². The summed E-state index contributed by atoms with van der Waals surface area (Å²) in [5, 5.41) is 31.1. The highest BCUT2D eigenvalue weighted by Gasteiger charge is 2.45. The molecule has 0 spiro atoms. The van der Waals surface area contributed by atoms with Gasteiger partial charge in [0.15, 0.2) is 11.6 Å². The topological polar surface area (TPSA) is 206 Å². The number of fused-ring (bicyclic) bond motifs is 4. The maximum absolute atomic E-state index is 14.4. The molecule has 74 heavy (non-hydrogen) atoms. The van der Waals surface area contributed by atoms with E-state index in [-0.39, 0.29) is 49.2 Å². The Bertz CT molecular complexity index is 3330. The van der Waals surface area contributed by atoms with Gasteiger partial charge in [0, 0.05) is 64.3 Å². The van der Waals surface area contributed by atoms with E-state index in [2.05, 4.69) is 45.0 Å². The number of benzene rings is 3. The lowest BCUT2D eigenvalue weighted by molar-refractivity contribution is -0.142. The van der Waals surface area contributed by atoms with Crippen molar-refractivity contribution in [1.29, 1.82) is 0 Å². The number of β-amino-alcohol motifs (C(OH)–C–C–N with tert-alkyl or cyclic N) is 1. The van der Waals surface area contributed by atoms with Gasteiger partial charge < -0.3 is 35.1 Å². The summed E-state index contributed by atoms with van der Waals surface area (Å²) < 4.78 is 14.4. The molecule has 16 nitrogen and oxygen atoms in total. The van der Waals surface area contributed by atoms with Crippen molar-refractivity contribution < 1.29 is 33.4 Å². The molecular formula is C55H58ClN9O7S2. The first-order valence-electron chi connectivity index (χ1n) is 24.8. The molecular weight excluding hydrogens is 998 g/mol. The van der Waals surface area contributed by atoms with Gasteiger partial charge in [0.05, 0.1) is 40.4 Å². The number of carbonyl (C=O) groups excluding carboxylic acids is 4. The van der Waals surface area contributed by atoms with Crippen LogP contribution in [-0.2, 0) is 14.4 Å². The normalized spacial score (nSPS) is 20.2. The molecule has 3 aliphatic rings. The highest BCUT2D eigenvalue weighted by molar-refractivity contribution is 7.15. The van der Waals surface area contributed by atoms with Crippen LogP contribution in [0.5, 0.6) is 5.75 Å². The van der Waals surface area contributed by atoms with Crippen LogP contribution >= 0.6 is 34.3 Å². The standard InChI is InChI=1S/C55H58ClN9O7S2/c1-27-30(4)74-54-46(27)47(33-13-16-36(56)17-14-33)60-41(50-63-62-31(5)65(50)54)24-45(67)59-37-20-40(21-37)71-39-18-15-35-19-44(72-43(35)23-39)52(69)61-49(55(6,7)8)53(70)64-25-38(66)22-42(64)51(68)58-28(2)32-9-11-34(12-10-32)48-29(3)57-26-73-48/h9-19,23,26,28,37-38,40-42,49,66H,20-22,24-25H2,1-8H3,(H,58,68)(H,59,67)(H,61,69)/t28-,37?,38+,40?,41-,42-,49+/m0/s1. The molecule has 4 N–H and O–H groups in total. The molecule has 1 saturated carbocycles. The van der Waals surface area contributed by atoms with Crippen LogP contribution in [0.3, 0.4) is 0 Å². The number of nitrogens with zero attached hydrogens (tertiary/aromatic N) is 6. The molecule has 6 heterocycles. The van der Waals surface area contributed by atoms with Crippen molar-refractivity contribution in [3.8, 4) is 21.2 Å². The number of ether oxygens (including phenoxy) is 1. The Morgan fingerprint density at radius 3 is 2.36 bits per heavy atom. The average molecular weight is 1060 g/mol. The fourth-order valence-corrected chi connectivity index (χ4v) is 12.1. The molecule has 2 fully saturated rings. The minimum atomic E-state index is -1.06. The Morgan fingerprint density at radius 1 is 0.932 bits per heavy atom. The first kappa shape index (κ1) is 50.8. The molecule has 4 aromatic heterocycles. The van der Waals surface area contributed by atoms with E-state index in [1.54, 1.807) is 46.9 Å². The Labute approximate surface area is 441 Å². The number of thiophene rings is 1. The average Bonchev–Trinajstić information content (AvgIpc) is 4.19. The van der Waals surface area contributed by atoms with Gasteiger partial charge >= 0.3 is 0 Å². The minimum absolute atomic E-state index is 0.000667. The number of thiazole rings is 1. The van der Waals surface area contributed by atoms with E-state index in [1.807, 2.05) is 100 Å². The van der Waals surface area contributed by atoms with Crippen LogP contribution in [0, 0.1) is 33.1 Å². The fraction of sp³-hybridized carbons (Fsp3) is 0.382. The van der Waals surface area contributed by atoms with Crippen LogP contribution in [0.15, 0.2) is 87.7 Å². The molecule has 5 atom stereocenters. The summed E-state index contributed by atoms with van der Waals surface area (Å²) >= 11 is 9.51. The number of aliphatic imine (C=N–C) groups is 1. The van der Waals surface area contributed by atoms with Gasteiger partial charge in [-0.3, -0.25) is 28.7 Å². The third kappa shape index (κ3) is 10.1. The number of aromatic nitrogens is 4. The smallest absolute Gasteiger partial charge is 0.287 e. The van der Waals surface area contributed by atoms with Gasteiger partial charge in [-0.25, -0.2) is 4.98 Å². The van der Waals surface area contributed by atoms with Crippen LogP contribution < -0.4 is 20.7 Å². The van der Waals surface area contributed by atoms with Gasteiger partial charge in [0.2, 0.25) is 17.7 Å². The number of rotatable bonds is 13. The number of aliphatic hydroxyl groups excluding tert-OH is 1. The van der Waals surface area contributed by atoms with Crippen LogP contribution in [0.1, 0.15) is 120 Å². The number of aliphatic hydroxyl groups is 1. The zero-order valence-electron chi connectivity index (χ0n) is 42.4. The van der Waals surface area contributed by atoms with Gasteiger partial charge in [-0.15, -0.1) is 32.9 Å². The second-order valence-electron chi connectivity index (χ2n) is 20.7. The number of amides is 4. The Kier molecular flexibility index (Phi) is 13.9. The first-order chi connectivity index (χ1) is 35.3. The number of nitrogens with one attached hydrogen (secondary N) is 3. The number of halogens is 1. The molecule has 1 saturated heterocycles. The summed E-state index contributed by atoms with van der Waals surface area (Å²) in [4.78, 5) is 69.0. The summed E-state index contributed by atoms with van der Waals surface area (Å²) in [6.07, 6.45) is 0.228. The van der Waals surface area contributed by atoms with Crippen LogP contribution in [0.25, 0.3) is 26.4 Å². The van der Waals surface area contributed by atoms with E-state index in [1.165, 1.54) is 4.90 Å². The van der Waals surface area contributed by atoms with E-state index >= 15 is 0 Å². The maximum atomic E-state index is 14.4. The summed E-state index contributed by atoms with van der Waals surface area (Å²) in [6.45, 7) is 15.4. The molecule has 3 aromatic carbocycles. The number of aryl methyl sites for hydroxylation is 3. The van der Waals surface area contributed by atoms with Crippen LogP contribution in [0.2, 0.25) is 5.02 Å². The summed E-state index contributed by atoms with van der Waals surface area (Å²) in [5.41, 5.74) is 8.13. The number of hydrogen-bond acceptors (Lipinski definition) is 13. The molecule has 2 aliphatic heterocycles. The summed E-state index contributed by atoms with van der Waals surface area (Å²) in [5.74, 6) is 0.238. The molecule has 0 unspecified atom stereocenters. The lowest BCUT2D eigenvalue weighted by atomic mass is 9.85. The maximum Gasteiger partial charge on any atom is 0.287 e.